The second-order valence-electron chi connectivity index (χ2n) is 5.73. The molecule has 0 amide bonds. The summed E-state index contributed by atoms with van der Waals surface area (Å²) in [7, 11) is 0. The highest BCUT2D eigenvalue weighted by Gasteiger charge is 2.14. The minimum Gasteiger partial charge on any atom is -0.342 e. The van der Waals surface area contributed by atoms with E-state index in [0.29, 0.717) is 5.25 Å². The average molecular weight is 322 g/mol. The van der Waals surface area contributed by atoms with Gasteiger partial charge < -0.3 is 4.98 Å². The summed E-state index contributed by atoms with van der Waals surface area (Å²) in [6, 6.07) is 12.7. The summed E-state index contributed by atoms with van der Waals surface area (Å²) in [5.41, 5.74) is 5.88. The van der Waals surface area contributed by atoms with E-state index < -0.39 is 0 Å². The standard InChI is InChI=1S/C20H22N2S/c1-4-14(3)23-13-18-19(16-10-8-15(5-2)9-11-16)17-7-6-12-21-20(17)22-18/h5-12,14H,2,4,13H2,1,3H3,(H,21,22). The molecule has 3 aromatic rings. The number of nitrogens with one attached hydrogen (secondary N) is 1. The highest BCUT2D eigenvalue weighted by Crippen LogP contribution is 2.34. The summed E-state index contributed by atoms with van der Waals surface area (Å²) in [6.07, 6.45) is 4.90. The lowest BCUT2D eigenvalue weighted by molar-refractivity contribution is 0.904. The van der Waals surface area contributed by atoms with Crippen molar-refractivity contribution < 1.29 is 0 Å². The van der Waals surface area contributed by atoms with Crippen LogP contribution in [0.2, 0.25) is 0 Å². The number of hydrogen-bond acceptors (Lipinski definition) is 2. The molecular formula is C20H22N2S. The normalized spacial score (nSPS) is 12.4. The van der Waals surface area contributed by atoms with Crippen LogP contribution in [0.5, 0.6) is 0 Å². The molecule has 1 aromatic carbocycles. The van der Waals surface area contributed by atoms with Gasteiger partial charge in [-0.15, -0.1) is 0 Å². The van der Waals surface area contributed by atoms with Gasteiger partial charge in [0, 0.05) is 33.8 Å². The van der Waals surface area contributed by atoms with Crippen LogP contribution in [0.3, 0.4) is 0 Å². The number of pyridine rings is 1. The monoisotopic (exact) mass is 322 g/mol. The summed E-state index contributed by atoms with van der Waals surface area (Å²) >= 11 is 1.99. The molecule has 1 unspecified atom stereocenters. The van der Waals surface area contributed by atoms with E-state index in [1.165, 1.54) is 28.6 Å². The van der Waals surface area contributed by atoms with Gasteiger partial charge in [0.2, 0.25) is 0 Å². The summed E-state index contributed by atoms with van der Waals surface area (Å²) in [5, 5.41) is 1.85. The van der Waals surface area contributed by atoms with Crippen LogP contribution in [0.1, 0.15) is 31.5 Å². The summed E-state index contributed by atoms with van der Waals surface area (Å²) in [5.74, 6) is 0.976. The molecule has 0 radical (unpaired) electrons. The van der Waals surface area contributed by atoms with Crippen LogP contribution in [-0.2, 0) is 5.75 Å². The number of aromatic nitrogens is 2. The minimum atomic E-state index is 0.658. The topological polar surface area (TPSA) is 28.7 Å². The maximum Gasteiger partial charge on any atom is 0.138 e. The van der Waals surface area contributed by atoms with Gasteiger partial charge in [0.05, 0.1) is 0 Å². The number of nitrogens with zero attached hydrogens (tertiary/aromatic N) is 1. The second-order valence-corrected chi connectivity index (χ2v) is 7.16. The fraction of sp³-hybridized carbons (Fsp3) is 0.250. The molecule has 0 saturated heterocycles. The lowest BCUT2D eigenvalue weighted by Gasteiger charge is -2.09. The molecule has 0 bridgehead atoms. The Kier molecular flexibility index (Phi) is 4.87. The van der Waals surface area contributed by atoms with Crippen molar-refractivity contribution >= 4 is 28.9 Å². The molecule has 0 fully saturated rings. The minimum absolute atomic E-state index is 0.658. The van der Waals surface area contributed by atoms with Gasteiger partial charge in [0.15, 0.2) is 0 Å². The third-order valence-corrected chi connectivity index (χ3v) is 5.53. The smallest absolute Gasteiger partial charge is 0.138 e. The van der Waals surface area contributed by atoms with E-state index in [9.17, 15) is 0 Å². The van der Waals surface area contributed by atoms with Crippen molar-refractivity contribution in [2.75, 3.05) is 0 Å². The van der Waals surface area contributed by atoms with E-state index >= 15 is 0 Å². The van der Waals surface area contributed by atoms with E-state index in [4.69, 9.17) is 0 Å². The third-order valence-electron chi connectivity index (χ3n) is 4.17. The first kappa shape index (κ1) is 15.9. The molecule has 118 valence electrons. The van der Waals surface area contributed by atoms with Gasteiger partial charge in [0.25, 0.3) is 0 Å². The summed E-state index contributed by atoms with van der Waals surface area (Å²) in [4.78, 5) is 8.01. The van der Waals surface area contributed by atoms with Gasteiger partial charge in [0.1, 0.15) is 5.65 Å². The van der Waals surface area contributed by atoms with E-state index in [1.807, 2.05) is 30.1 Å². The van der Waals surface area contributed by atoms with E-state index in [1.54, 1.807) is 0 Å². The third kappa shape index (κ3) is 3.35. The Morgan fingerprint density at radius 2 is 2.04 bits per heavy atom. The highest BCUT2D eigenvalue weighted by atomic mass is 32.2. The summed E-state index contributed by atoms with van der Waals surface area (Å²) < 4.78 is 0. The van der Waals surface area contributed by atoms with Crippen molar-refractivity contribution in [3.05, 3.63) is 60.4 Å². The fourth-order valence-corrected chi connectivity index (χ4v) is 3.55. The first-order chi connectivity index (χ1) is 11.2. The SMILES string of the molecule is C=Cc1ccc(-c2c(CSC(C)CC)[nH]c3ncccc23)cc1. The van der Waals surface area contributed by atoms with Crippen molar-refractivity contribution in [2.45, 2.75) is 31.3 Å². The van der Waals surface area contributed by atoms with Crippen LogP contribution in [0.25, 0.3) is 28.2 Å². The molecular weight excluding hydrogens is 300 g/mol. The number of thioether (sulfide) groups is 1. The van der Waals surface area contributed by atoms with Crippen molar-refractivity contribution in [1.29, 1.82) is 0 Å². The van der Waals surface area contributed by atoms with Crippen LogP contribution >= 0.6 is 11.8 Å². The predicted octanol–water partition coefficient (Wildman–Crippen LogP) is 5.90. The largest absolute Gasteiger partial charge is 0.342 e. The first-order valence-corrected chi connectivity index (χ1v) is 9.07. The maximum atomic E-state index is 4.49. The number of H-pyrrole nitrogens is 1. The molecule has 0 aliphatic carbocycles. The molecule has 0 aliphatic rings. The van der Waals surface area contributed by atoms with Gasteiger partial charge in [-0.05, 0) is 29.7 Å². The molecule has 0 aliphatic heterocycles. The number of fused-ring (bicyclic) bond motifs is 1. The van der Waals surface area contributed by atoms with Crippen LogP contribution in [0, 0.1) is 0 Å². The zero-order valence-corrected chi connectivity index (χ0v) is 14.5. The van der Waals surface area contributed by atoms with Crippen LogP contribution < -0.4 is 0 Å². The van der Waals surface area contributed by atoms with Gasteiger partial charge in [-0.3, -0.25) is 0 Å². The zero-order chi connectivity index (χ0) is 16.2. The van der Waals surface area contributed by atoms with Gasteiger partial charge >= 0.3 is 0 Å². The maximum absolute atomic E-state index is 4.49. The van der Waals surface area contributed by atoms with E-state index in [-0.39, 0.29) is 0 Å². The predicted molar refractivity (Wildman–Crippen MR) is 103 cm³/mol. The molecule has 2 nitrogen and oxygen atoms in total. The highest BCUT2D eigenvalue weighted by molar-refractivity contribution is 7.99. The van der Waals surface area contributed by atoms with E-state index in [2.05, 4.69) is 60.7 Å². The van der Waals surface area contributed by atoms with Crippen molar-refractivity contribution in [1.82, 2.24) is 9.97 Å². The Labute approximate surface area is 142 Å². The molecule has 0 spiro atoms. The lowest BCUT2D eigenvalue weighted by Crippen LogP contribution is -1.95. The molecule has 3 rings (SSSR count). The van der Waals surface area contributed by atoms with Gasteiger partial charge in [-0.2, -0.15) is 11.8 Å². The number of aromatic amines is 1. The second kappa shape index (κ2) is 7.05. The van der Waals surface area contributed by atoms with Crippen LogP contribution in [-0.4, -0.2) is 15.2 Å². The first-order valence-electron chi connectivity index (χ1n) is 8.03. The van der Waals surface area contributed by atoms with Crippen molar-refractivity contribution in [3.63, 3.8) is 0 Å². The zero-order valence-electron chi connectivity index (χ0n) is 13.7. The van der Waals surface area contributed by atoms with Crippen LogP contribution in [0.4, 0.5) is 0 Å². The summed E-state index contributed by atoms with van der Waals surface area (Å²) in [6.45, 7) is 8.35. The van der Waals surface area contributed by atoms with E-state index in [0.717, 1.165) is 17.0 Å². The van der Waals surface area contributed by atoms with Crippen molar-refractivity contribution in [2.24, 2.45) is 0 Å². The van der Waals surface area contributed by atoms with Crippen molar-refractivity contribution in [3.8, 4) is 11.1 Å². The quantitative estimate of drug-likeness (QED) is 0.611. The molecule has 0 saturated carbocycles. The molecule has 2 heterocycles. The van der Waals surface area contributed by atoms with Gasteiger partial charge in [-0.1, -0.05) is 50.8 Å². The fourth-order valence-electron chi connectivity index (χ4n) is 2.64. The van der Waals surface area contributed by atoms with Crippen LogP contribution in [0.15, 0.2) is 49.2 Å². The molecule has 3 heteroatoms. The Morgan fingerprint density at radius 3 is 2.74 bits per heavy atom. The number of rotatable bonds is 6. The Bertz CT molecular complexity index is 802. The molecule has 1 atom stereocenters. The Hall–Kier alpha value is -2.00. The Balaban J connectivity index is 2.06. The average Bonchev–Trinajstić information content (AvgIpc) is 2.98. The Morgan fingerprint density at radius 1 is 1.26 bits per heavy atom. The van der Waals surface area contributed by atoms with Gasteiger partial charge in [-0.25, -0.2) is 4.98 Å². The lowest BCUT2D eigenvalue weighted by atomic mass is 10.0. The number of benzene rings is 1. The molecule has 1 N–H and O–H groups in total. The number of hydrogen-bond donors (Lipinski definition) is 1. The molecule has 23 heavy (non-hydrogen) atoms. The molecule has 2 aromatic heterocycles.